The second kappa shape index (κ2) is 4.39. The number of hydrogen-bond acceptors (Lipinski definition) is 4. The maximum Gasteiger partial charge on any atom is 0.128 e. The fourth-order valence-corrected chi connectivity index (χ4v) is 2.13. The fraction of sp³-hybridized carbons (Fsp3) is 0.583. The van der Waals surface area contributed by atoms with E-state index in [1.54, 1.807) is 0 Å². The standard InChI is InChI=1S/C12H19N3O/c1-12(2)9-15(8-10(7-13)16-12)11-5-3-4-6-14-11/h3-6,10H,7-9,13H2,1-2H3. The molecule has 0 amide bonds. The normalized spacial score (nSPS) is 24.4. The van der Waals surface area contributed by atoms with E-state index >= 15 is 0 Å². The Morgan fingerprint density at radius 3 is 3.00 bits per heavy atom. The molecule has 0 spiro atoms. The molecule has 0 aliphatic carbocycles. The van der Waals surface area contributed by atoms with Crippen LogP contribution in [0.25, 0.3) is 0 Å². The highest BCUT2D eigenvalue weighted by atomic mass is 16.5. The summed E-state index contributed by atoms with van der Waals surface area (Å²) in [7, 11) is 0. The first-order valence-electron chi connectivity index (χ1n) is 5.64. The number of hydrogen-bond donors (Lipinski definition) is 1. The van der Waals surface area contributed by atoms with E-state index in [2.05, 4.69) is 23.7 Å². The number of nitrogens with zero attached hydrogens (tertiary/aromatic N) is 2. The van der Waals surface area contributed by atoms with E-state index in [0.29, 0.717) is 6.54 Å². The molecular weight excluding hydrogens is 202 g/mol. The summed E-state index contributed by atoms with van der Waals surface area (Å²) in [5.41, 5.74) is 5.53. The Kier molecular flexibility index (Phi) is 3.12. The molecule has 2 heterocycles. The molecule has 1 aliphatic rings. The van der Waals surface area contributed by atoms with Gasteiger partial charge in [0.1, 0.15) is 5.82 Å². The van der Waals surface area contributed by atoms with Crippen LogP contribution in [0.2, 0.25) is 0 Å². The minimum Gasteiger partial charge on any atom is -0.367 e. The first kappa shape index (κ1) is 11.4. The van der Waals surface area contributed by atoms with Crippen LogP contribution >= 0.6 is 0 Å². The van der Waals surface area contributed by atoms with E-state index in [1.807, 2.05) is 24.4 Å². The van der Waals surface area contributed by atoms with Crippen LogP contribution in [0.4, 0.5) is 5.82 Å². The maximum atomic E-state index is 5.88. The second-order valence-corrected chi connectivity index (χ2v) is 4.80. The van der Waals surface area contributed by atoms with Crippen LogP contribution < -0.4 is 10.6 Å². The number of anilines is 1. The smallest absolute Gasteiger partial charge is 0.128 e. The van der Waals surface area contributed by atoms with Crippen LogP contribution in [-0.4, -0.2) is 36.3 Å². The summed E-state index contributed by atoms with van der Waals surface area (Å²) < 4.78 is 5.88. The van der Waals surface area contributed by atoms with Gasteiger partial charge in [0.15, 0.2) is 0 Å². The molecule has 0 aromatic carbocycles. The van der Waals surface area contributed by atoms with Crippen LogP contribution in [-0.2, 0) is 4.74 Å². The van der Waals surface area contributed by atoms with Crippen molar-refractivity contribution < 1.29 is 4.74 Å². The van der Waals surface area contributed by atoms with E-state index in [4.69, 9.17) is 10.5 Å². The average molecular weight is 221 g/mol. The Morgan fingerprint density at radius 1 is 1.56 bits per heavy atom. The van der Waals surface area contributed by atoms with Crippen molar-refractivity contribution in [2.75, 3.05) is 24.5 Å². The van der Waals surface area contributed by atoms with Gasteiger partial charge in [-0.25, -0.2) is 4.98 Å². The Balaban J connectivity index is 2.16. The highest BCUT2D eigenvalue weighted by molar-refractivity contribution is 5.39. The number of rotatable bonds is 2. The molecule has 1 atom stereocenters. The third-order valence-electron chi connectivity index (χ3n) is 2.72. The van der Waals surface area contributed by atoms with Gasteiger partial charge in [-0.1, -0.05) is 6.07 Å². The van der Waals surface area contributed by atoms with Gasteiger partial charge in [0.05, 0.1) is 11.7 Å². The molecule has 0 radical (unpaired) electrons. The number of ether oxygens (including phenoxy) is 1. The number of morpholine rings is 1. The lowest BCUT2D eigenvalue weighted by Gasteiger charge is -2.43. The molecule has 1 aromatic rings. The summed E-state index contributed by atoms with van der Waals surface area (Å²) in [5.74, 6) is 0.998. The van der Waals surface area contributed by atoms with Crippen molar-refractivity contribution in [1.82, 2.24) is 4.98 Å². The third-order valence-corrected chi connectivity index (χ3v) is 2.72. The zero-order valence-electron chi connectivity index (χ0n) is 9.89. The van der Waals surface area contributed by atoms with E-state index in [0.717, 1.165) is 18.9 Å². The van der Waals surface area contributed by atoms with Gasteiger partial charge in [0, 0.05) is 25.8 Å². The molecule has 1 saturated heterocycles. The Morgan fingerprint density at radius 2 is 2.38 bits per heavy atom. The zero-order valence-corrected chi connectivity index (χ0v) is 9.89. The van der Waals surface area contributed by atoms with Gasteiger partial charge in [0.2, 0.25) is 0 Å². The van der Waals surface area contributed by atoms with Crippen molar-refractivity contribution in [2.45, 2.75) is 25.6 Å². The van der Waals surface area contributed by atoms with Crippen molar-refractivity contribution >= 4 is 5.82 Å². The molecule has 2 rings (SSSR count). The predicted octanol–water partition coefficient (Wildman–Crippen LogP) is 1.02. The van der Waals surface area contributed by atoms with Crippen molar-refractivity contribution in [2.24, 2.45) is 5.73 Å². The van der Waals surface area contributed by atoms with Crippen LogP contribution in [0.3, 0.4) is 0 Å². The lowest BCUT2D eigenvalue weighted by Crippen LogP contribution is -2.55. The Bertz CT molecular complexity index is 339. The van der Waals surface area contributed by atoms with E-state index in [1.165, 1.54) is 0 Å². The fourth-order valence-electron chi connectivity index (χ4n) is 2.13. The minimum absolute atomic E-state index is 0.0887. The number of aromatic nitrogens is 1. The lowest BCUT2D eigenvalue weighted by atomic mass is 10.1. The van der Waals surface area contributed by atoms with Crippen molar-refractivity contribution in [3.05, 3.63) is 24.4 Å². The molecule has 2 N–H and O–H groups in total. The maximum absolute atomic E-state index is 5.88. The van der Waals surface area contributed by atoms with Gasteiger partial charge < -0.3 is 15.4 Å². The highest BCUT2D eigenvalue weighted by Crippen LogP contribution is 2.24. The molecule has 4 nitrogen and oxygen atoms in total. The van der Waals surface area contributed by atoms with Gasteiger partial charge in [-0.2, -0.15) is 0 Å². The van der Waals surface area contributed by atoms with Crippen LogP contribution in [0.15, 0.2) is 24.4 Å². The lowest BCUT2D eigenvalue weighted by molar-refractivity contribution is -0.0790. The van der Waals surface area contributed by atoms with Crippen molar-refractivity contribution in [1.29, 1.82) is 0 Å². The molecule has 0 saturated carbocycles. The number of pyridine rings is 1. The first-order chi connectivity index (χ1) is 7.61. The van der Waals surface area contributed by atoms with Crippen molar-refractivity contribution in [3.63, 3.8) is 0 Å². The summed E-state index contributed by atoms with van der Waals surface area (Å²) in [6.45, 7) is 6.39. The van der Waals surface area contributed by atoms with Gasteiger partial charge >= 0.3 is 0 Å². The SMILES string of the molecule is CC1(C)CN(c2ccccn2)CC(CN)O1. The summed E-state index contributed by atoms with van der Waals surface area (Å²) in [4.78, 5) is 6.60. The highest BCUT2D eigenvalue weighted by Gasteiger charge is 2.33. The van der Waals surface area contributed by atoms with Gasteiger partial charge in [-0.05, 0) is 26.0 Å². The van der Waals surface area contributed by atoms with E-state index in [-0.39, 0.29) is 11.7 Å². The molecule has 4 heteroatoms. The first-order valence-corrected chi connectivity index (χ1v) is 5.64. The average Bonchev–Trinajstić information content (AvgIpc) is 2.28. The Hall–Kier alpha value is -1.13. The summed E-state index contributed by atoms with van der Waals surface area (Å²) in [6, 6.07) is 5.95. The van der Waals surface area contributed by atoms with Gasteiger partial charge in [0.25, 0.3) is 0 Å². The third kappa shape index (κ3) is 2.51. The van der Waals surface area contributed by atoms with E-state index in [9.17, 15) is 0 Å². The quantitative estimate of drug-likeness (QED) is 0.810. The second-order valence-electron chi connectivity index (χ2n) is 4.80. The summed E-state index contributed by atoms with van der Waals surface area (Å²) in [5, 5.41) is 0. The molecule has 0 bridgehead atoms. The van der Waals surface area contributed by atoms with Gasteiger partial charge in [-0.15, -0.1) is 0 Å². The molecular formula is C12H19N3O. The molecule has 1 unspecified atom stereocenters. The Labute approximate surface area is 96.4 Å². The minimum atomic E-state index is -0.167. The van der Waals surface area contributed by atoms with Crippen LogP contribution in [0, 0.1) is 0 Å². The monoisotopic (exact) mass is 221 g/mol. The molecule has 16 heavy (non-hydrogen) atoms. The van der Waals surface area contributed by atoms with Crippen LogP contribution in [0.1, 0.15) is 13.8 Å². The molecule has 88 valence electrons. The largest absolute Gasteiger partial charge is 0.367 e. The predicted molar refractivity (Wildman–Crippen MR) is 64.5 cm³/mol. The summed E-state index contributed by atoms with van der Waals surface area (Å²) >= 11 is 0. The van der Waals surface area contributed by atoms with Gasteiger partial charge in [-0.3, -0.25) is 0 Å². The molecule has 1 fully saturated rings. The van der Waals surface area contributed by atoms with Crippen LogP contribution in [0.5, 0.6) is 0 Å². The zero-order chi connectivity index (χ0) is 11.6. The topological polar surface area (TPSA) is 51.4 Å². The number of nitrogens with two attached hydrogens (primary N) is 1. The van der Waals surface area contributed by atoms with E-state index < -0.39 is 0 Å². The molecule has 1 aliphatic heterocycles. The van der Waals surface area contributed by atoms with Crippen molar-refractivity contribution in [3.8, 4) is 0 Å². The molecule has 1 aromatic heterocycles. The summed E-state index contributed by atoms with van der Waals surface area (Å²) in [6.07, 6.45) is 1.90.